The molecule has 2 aromatic rings. The van der Waals surface area contributed by atoms with Gasteiger partial charge >= 0.3 is 0 Å². The first-order valence-corrected chi connectivity index (χ1v) is 8.38. The van der Waals surface area contributed by atoms with E-state index in [0.29, 0.717) is 31.5 Å². The molecular formula is C18H22F3N3. The standard InChI is InChI=1S/C18H22F3N3/c1-3-24-18(12-6-14(20)8-15(21)7-12)11(2)17(23-24)10-22-16-5-4-13(19)9-16/h6-8,13,16,22H,3-5,9-10H2,1-2H3/t13-,16+/m1/s1. The molecule has 1 aliphatic carbocycles. The lowest BCUT2D eigenvalue weighted by atomic mass is 10.1. The van der Waals surface area contributed by atoms with Gasteiger partial charge < -0.3 is 5.32 Å². The maximum absolute atomic E-state index is 13.6. The smallest absolute Gasteiger partial charge is 0.126 e. The van der Waals surface area contributed by atoms with E-state index in [1.54, 1.807) is 4.68 Å². The third kappa shape index (κ3) is 3.48. The molecule has 130 valence electrons. The zero-order valence-electron chi connectivity index (χ0n) is 14.0. The van der Waals surface area contributed by atoms with Crippen molar-refractivity contribution in [3.8, 4) is 11.3 Å². The first kappa shape index (κ1) is 17.0. The highest BCUT2D eigenvalue weighted by atomic mass is 19.1. The first-order valence-electron chi connectivity index (χ1n) is 8.38. The quantitative estimate of drug-likeness (QED) is 0.889. The Labute approximate surface area is 139 Å². The van der Waals surface area contributed by atoms with E-state index < -0.39 is 17.8 Å². The minimum atomic E-state index is -0.720. The van der Waals surface area contributed by atoms with E-state index in [0.717, 1.165) is 29.4 Å². The highest BCUT2D eigenvalue weighted by Gasteiger charge is 2.24. The Morgan fingerprint density at radius 1 is 1.21 bits per heavy atom. The fraction of sp³-hybridized carbons (Fsp3) is 0.500. The molecule has 0 unspecified atom stereocenters. The molecule has 2 atom stereocenters. The van der Waals surface area contributed by atoms with Gasteiger partial charge in [-0.15, -0.1) is 0 Å². The fourth-order valence-electron chi connectivity index (χ4n) is 3.41. The summed E-state index contributed by atoms with van der Waals surface area (Å²) >= 11 is 0. The van der Waals surface area contributed by atoms with Crippen LogP contribution in [0.1, 0.15) is 37.4 Å². The molecule has 1 N–H and O–H groups in total. The number of rotatable bonds is 5. The molecule has 3 rings (SSSR count). The maximum Gasteiger partial charge on any atom is 0.126 e. The van der Waals surface area contributed by atoms with Crippen LogP contribution < -0.4 is 5.32 Å². The molecule has 1 heterocycles. The lowest BCUT2D eigenvalue weighted by molar-refractivity contribution is 0.333. The lowest BCUT2D eigenvalue weighted by Gasteiger charge is -2.10. The summed E-state index contributed by atoms with van der Waals surface area (Å²) in [7, 11) is 0. The van der Waals surface area contributed by atoms with Gasteiger partial charge in [-0.2, -0.15) is 5.10 Å². The zero-order chi connectivity index (χ0) is 17.3. The average Bonchev–Trinajstić information content (AvgIpc) is 3.07. The van der Waals surface area contributed by atoms with E-state index in [4.69, 9.17) is 0 Å². The number of benzene rings is 1. The van der Waals surface area contributed by atoms with Gasteiger partial charge in [-0.25, -0.2) is 13.2 Å². The number of halogens is 3. The highest BCUT2D eigenvalue weighted by Crippen LogP contribution is 2.28. The Morgan fingerprint density at radius 3 is 2.50 bits per heavy atom. The van der Waals surface area contributed by atoms with E-state index in [1.807, 2.05) is 13.8 Å². The highest BCUT2D eigenvalue weighted by molar-refractivity contribution is 5.64. The maximum atomic E-state index is 13.6. The Morgan fingerprint density at radius 2 is 1.92 bits per heavy atom. The molecule has 1 aliphatic rings. The number of aromatic nitrogens is 2. The van der Waals surface area contributed by atoms with Crippen molar-refractivity contribution in [2.24, 2.45) is 0 Å². The summed E-state index contributed by atoms with van der Waals surface area (Å²) in [5.74, 6) is -1.21. The van der Waals surface area contributed by atoms with Crippen LogP contribution in [-0.4, -0.2) is 22.0 Å². The van der Waals surface area contributed by atoms with Crippen LogP contribution in [0, 0.1) is 18.6 Å². The summed E-state index contributed by atoms with van der Waals surface area (Å²) in [5, 5.41) is 7.90. The molecule has 3 nitrogen and oxygen atoms in total. The monoisotopic (exact) mass is 337 g/mol. The number of hydrogen-bond acceptors (Lipinski definition) is 2. The van der Waals surface area contributed by atoms with Crippen molar-refractivity contribution >= 4 is 0 Å². The summed E-state index contributed by atoms with van der Waals surface area (Å²) < 4.78 is 42.1. The summed E-state index contributed by atoms with van der Waals surface area (Å²) in [6.45, 7) is 4.97. The van der Waals surface area contributed by atoms with E-state index in [-0.39, 0.29) is 6.04 Å². The first-order chi connectivity index (χ1) is 11.5. The van der Waals surface area contributed by atoms with Crippen LogP contribution in [0.5, 0.6) is 0 Å². The van der Waals surface area contributed by atoms with Gasteiger partial charge in [0.2, 0.25) is 0 Å². The second kappa shape index (κ2) is 6.97. The molecule has 0 bridgehead atoms. The molecule has 1 aromatic carbocycles. The minimum Gasteiger partial charge on any atom is -0.308 e. The Hall–Kier alpha value is -1.82. The predicted molar refractivity (Wildman–Crippen MR) is 87.4 cm³/mol. The molecule has 0 saturated heterocycles. The number of hydrogen-bond donors (Lipinski definition) is 1. The van der Waals surface area contributed by atoms with E-state index in [9.17, 15) is 13.2 Å². The SMILES string of the molecule is CCn1nc(CN[C@H]2CC[C@@H](F)C2)c(C)c1-c1cc(F)cc(F)c1. The van der Waals surface area contributed by atoms with Gasteiger partial charge in [0.05, 0.1) is 11.4 Å². The molecule has 0 amide bonds. The van der Waals surface area contributed by atoms with Gasteiger partial charge in [-0.1, -0.05) is 0 Å². The summed E-state index contributed by atoms with van der Waals surface area (Å²) in [5.41, 5.74) is 2.93. The molecule has 1 fully saturated rings. The second-order valence-electron chi connectivity index (χ2n) is 6.38. The molecule has 24 heavy (non-hydrogen) atoms. The summed E-state index contributed by atoms with van der Waals surface area (Å²) in [4.78, 5) is 0. The molecule has 0 radical (unpaired) electrons. The molecule has 6 heteroatoms. The third-order valence-corrected chi connectivity index (χ3v) is 4.65. The molecule has 1 saturated carbocycles. The Balaban J connectivity index is 1.86. The normalized spacial score (nSPS) is 20.7. The van der Waals surface area contributed by atoms with Gasteiger partial charge in [-0.3, -0.25) is 4.68 Å². The van der Waals surface area contributed by atoms with Crippen LogP contribution in [-0.2, 0) is 13.1 Å². The van der Waals surface area contributed by atoms with Crippen LogP contribution in [0.4, 0.5) is 13.2 Å². The minimum absolute atomic E-state index is 0.168. The molecule has 1 aromatic heterocycles. The largest absolute Gasteiger partial charge is 0.308 e. The molecule has 0 aliphatic heterocycles. The van der Waals surface area contributed by atoms with Crippen molar-refractivity contribution in [1.29, 1.82) is 0 Å². The number of aryl methyl sites for hydroxylation is 1. The van der Waals surface area contributed by atoms with Crippen LogP contribution in [0.3, 0.4) is 0 Å². The number of nitrogens with one attached hydrogen (secondary N) is 1. The van der Waals surface area contributed by atoms with Gasteiger partial charge in [0, 0.05) is 30.8 Å². The molecular weight excluding hydrogens is 315 g/mol. The van der Waals surface area contributed by atoms with Crippen molar-refractivity contribution < 1.29 is 13.2 Å². The summed E-state index contributed by atoms with van der Waals surface area (Å²) in [6.07, 6.45) is 1.25. The average molecular weight is 337 g/mol. The summed E-state index contributed by atoms with van der Waals surface area (Å²) in [6, 6.07) is 3.67. The van der Waals surface area contributed by atoms with E-state index in [1.165, 1.54) is 12.1 Å². The van der Waals surface area contributed by atoms with Crippen molar-refractivity contribution in [2.75, 3.05) is 0 Å². The van der Waals surface area contributed by atoms with Crippen LogP contribution in [0.25, 0.3) is 11.3 Å². The van der Waals surface area contributed by atoms with Gasteiger partial charge in [0.25, 0.3) is 0 Å². The van der Waals surface area contributed by atoms with Crippen LogP contribution in [0.15, 0.2) is 18.2 Å². The van der Waals surface area contributed by atoms with Crippen molar-refractivity contribution in [3.63, 3.8) is 0 Å². The zero-order valence-corrected chi connectivity index (χ0v) is 14.0. The Kier molecular flexibility index (Phi) is 4.94. The van der Waals surface area contributed by atoms with E-state index in [2.05, 4.69) is 10.4 Å². The number of alkyl halides is 1. The van der Waals surface area contributed by atoms with Gasteiger partial charge in [0.1, 0.15) is 17.8 Å². The van der Waals surface area contributed by atoms with Crippen molar-refractivity contribution in [2.45, 2.75) is 58.4 Å². The fourth-order valence-corrected chi connectivity index (χ4v) is 3.41. The lowest BCUT2D eigenvalue weighted by Crippen LogP contribution is -2.26. The van der Waals surface area contributed by atoms with Crippen LogP contribution in [0.2, 0.25) is 0 Å². The van der Waals surface area contributed by atoms with Crippen molar-refractivity contribution in [3.05, 3.63) is 41.1 Å². The second-order valence-corrected chi connectivity index (χ2v) is 6.38. The topological polar surface area (TPSA) is 29.9 Å². The predicted octanol–water partition coefficient (Wildman–Crippen LogP) is 4.14. The van der Waals surface area contributed by atoms with Crippen LogP contribution >= 0.6 is 0 Å². The Bertz CT molecular complexity index is 706. The van der Waals surface area contributed by atoms with Crippen molar-refractivity contribution in [1.82, 2.24) is 15.1 Å². The van der Waals surface area contributed by atoms with E-state index >= 15 is 0 Å². The van der Waals surface area contributed by atoms with Gasteiger partial charge in [0.15, 0.2) is 0 Å². The number of nitrogens with zero attached hydrogens (tertiary/aromatic N) is 2. The molecule has 0 spiro atoms. The van der Waals surface area contributed by atoms with Gasteiger partial charge in [-0.05, 0) is 50.8 Å². The third-order valence-electron chi connectivity index (χ3n) is 4.65.